The molecule has 0 amide bonds. The van der Waals surface area contributed by atoms with Crippen LogP contribution >= 0.6 is 22.7 Å². The van der Waals surface area contributed by atoms with Crippen LogP contribution in [0.1, 0.15) is 17.7 Å². The van der Waals surface area contributed by atoms with Crippen molar-refractivity contribution in [3.63, 3.8) is 0 Å². The highest BCUT2D eigenvalue weighted by atomic mass is 32.1. The first-order valence-electron chi connectivity index (χ1n) is 8.03. The van der Waals surface area contributed by atoms with E-state index in [-0.39, 0.29) is 12.6 Å². The van der Waals surface area contributed by atoms with Gasteiger partial charge in [-0.15, -0.1) is 11.3 Å². The number of aromatic nitrogens is 1. The van der Waals surface area contributed by atoms with Gasteiger partial charge in [0, 0.05) is 17.4 Å². The summed E-state index contributed by atoms with van der Waals surface area (Å²) >= 11 is 3.13. The van der Waals surface area contributed by atoms with Crippen molar-refractivity contribution in [2.75, 3.05) is 14.2 Å². The number of hydrogen-bond donors (Lipinski definition) is 0. The molecule has 0 atom stereocenters. The summed E-state index contributed by atoms with van der Waals surface area (Å²) in [4.78, 5) is 16.4. The lowest BCUT2D eigenvalue weighted by molar-refractivity contribution is -0.145. The van der Waals surface area contributed by atoms with Crippen LogP contribution in [0.2, 0.25) is 0 Å². The number of esters is 1. The fourth-order valence-corrected chi connectivity index (χ4v) is 3.89. The molecule has 2 aromatic heterocycles. The Labute approximate surface area is 160 Å². The lowest BCUT2D eigenvalue weighted by Gasteiger charge is -2.08. The maximum atomic E-state index is 11.9. The van der Waals surface area contributed by atoms with E-state index < -0.39 is 0 Å². The molecule has 0 aliphatic carbocycles. The standard InChI is InChI=1S/C19H19NO4S2/c1-22-16-5-4-14(9-17(16)23-2)19-20-15(12-26-19)10-24-18(21)6-3-13-7-8-25-11-13/h4-5,7-9,11-12H,3,6,10H2,1-2H3. The van der Waals surface area contributed by atoms with Crippen LogP contribution in [0.3, 0.4) is 0 Å². The lowest BCUT2D eigenvalue weighted by atomic mass is 10.2. The van der Waals surface area contributed by atoms with Gasteiger partial charge in [-0.25, -0.2) is 4.98 Å². The number of benzene rings is 1. The first-order valence-corrected chi connectivity index (χ1v) is 9.85. The van der Waals surface area contributed by atoms with E-state index in [1.54, 1.807) is 25.6 Å². The summed E-state index contributed by atoms with van der Waals surface area (Å²) in [5.41, 5.74) is 2.84. The van der Waals surface area contributed by atoms with Crippen molar-refractivity contribution in [3.8, 4) is 22.1 Å². The van der Waals surface area contributed by atoms with Crippen molar-refractivity contribution >= 4 is 28.6 Å². The molecule has 0 fully saturated rings. The zero-order valence-corrected chi connectivity index (χ0v) is 16.2. The van der Waals surface area contributed by atoms with Gasteiger partial charge in [0.2, 0.25) is 0 Å². The molecule has 26 heavy (non-hydrogen) atoms. The summed E-state index contributed by atoms with van der Waals surface area (Å²) in [5, 5.41) is 6.79. The average molecular weight is 389 g/mol. The quantitative estimate of drug-likeness (QED) is 0.529. The highest BCUT2D eigenvalue weighted by molar-refractivity contribution is 7.13. The number of thiophene rings is 1. The number of carbonyl (C=O) groups excluding carboxylic acids is 1. The minimum Gasteiger partial charge on any atom is -0.493 e. The summed E-state index contributed by atoms with van der Waals surface area (Å²) in [5.74, 6) is 1.12. The lowest BCUT2D eigenvalue weighted by Crippen LogP contribution is -2.05. The monoisotopic (exact) mass is 389 g/mol. The highest BCUT2D eigenvalue weighted by Gasteiger charge is 2.11. The second-order valence-corrected chi connectivity index (χ2v) is 7.14. The zero-order chi connectivity index (χ0) is 18.4. The van der Waals surface area contributed by atoms with Crippen LogP contribution in [-0.4, -0.2) is 25.2 Å². The highest BCUT2D eigenvalue weighted by Crippen LogP contribution is 2.33. The van der Waals surface area contributed by atoms with Crippen LogP contribution < -0.4 is 9.47 Å². The molecular weight excluding hydrogens is 370 g/mol. The predicted molar refractivity (Wildman–Crippen MR) is 103 cm³/mol. The molecule has 0 aliphatic heterocycles. The number of nitrogens with zero attached hydrogens (tertiary/aromatic N) is 1. The van der Waals surface area contributed by atoms with E-state index in [0.717, 1.165) is 21.8 Å². The Morgan fingerprint density at radius 2 is 1.96 bits per heavy atom. The summed E-state index contributed by atoms with van der Waals surface area (Å²) in [7, 11) is 3.20. The summed E-state index contributed by atoms with van der Waals surface area (Å²) in [6.07, 6.45) is 1.08. The molecule has 0 aliphatic rings. The van der Waals surface area contributed by atoms with E-state index in [1.807, 2.05) is 40.4 Å². The van der Waals surface area contributed by atoms with E-state index in [9.17, 15) is 4.79 Å². The Bertz CT molecular complexity index is 858. The van der Waals surface area contributed by atoms with Gasteiger partial charge in [-0.3, -0.25) is 4.79 Å². The number of aryl methyl sites for hydroxylation is 1. The molecule has 0 bridgehead atoms. The topological polar surface area (TPSA) is 57.7 Å². The Hall–Kier alpha value is -2.38. The molecule has 0 saturated carbocycles. The SMILES string of the molecule is COc1ccc(-c2nc(COC(=O)CCc3ccsc3)cs2)cc1OC. The number of carbonyl (C=O) groups is 1. The summed E-state index contributed by atoms with van der Waals surface area (Å²) in [6, 6.07) is 7.68. The summed E-state index contributed by atoms with van der Waals surface area (Å²) < 4.78 is 15.9. The number of methoxy groups -OCH3 is 2. The van der Waals surface area contributed by atoms with Gasteiger partial charge in [0.15, 0.2) is 11.5 Å². The van der Waals surface area contributed by atoms with Crippen molar-refractivity contribution in [2.45, 2.75) is 19.4 Å². The number of hydrogen-bond acceptors (Lipinski definition) is 7. The Morgan fingerprint density at radius 3 is 2.69 bits per heavy atom. The van der Waals surface area contributed by atoms with Gasteiger partial charge >= 0.3 is 5.97 Å². The molecule has 3 aromatic rings. The van der Waals surface area contributed by atoms with Gasteiger partial charge in [0.1, 0.15) is 11.6 Å². The van der Waals surface area contributed by atoms with Gasteiger partial charge in [-0.1, -0.05) is 0 Å². The van der Waals surface area contributed by atoms with Gasteiger partial charge in [0.25, 0.3) is 0 Å². The maximum absolute atomic E-state index is 11.9. The summed E-state index contributed by atoms with van der Waals surface area (Å²) in [6.45, 7) is 0.187. The fourth-order valence-electron chi connectivity index (χ4n) is 2.38. The smallest absolute Gasteiger partial charge is 0.306 e. The van der Waals surface area contributed by atoms with E-state index in [1.165, 1.54) is 11.3 Å². The molecule has 0 radical (unpaired) electrons. The first kappa shape index (κ1) is 18.4. The Balaban J connectivity index is 1.57. The van der Waals surface area contributed by atoms with E-state index in [2.05, 4.69) is 4.98 Å². The van der Waals surface area contributed by atoms with Gasteiger partial charge in [-0.05, 0) is 47.0 Å². The Kier molecular flexibility index (Phi) is 6.25. The number of thiazole rings is 1. The number of rotatable bonds is 8. The average Bonchev–Trinajstić information content (AvgIpc) is 3.36. The first-order chi connectivity index (χ1) is 12.7. The molecule has 0 N–H and O–H groups in total. The normalized spacial score (nSPS) is 10.5. The third kappa shape index (κ3) is 4.62. The van der Waals surface area contributed by atoms with Crippen LogP contribution in [0.4, 0.5) is 0 Å². The maximum Gasteiger partial charge on any atom is 0.306 e. The molecule has 0 unspecified atom stereocenters. The minimum atomic E-state index is -0.211. The van der Waals surface area contributed by atoms with E-state index in [0.29, 0.717) is 24.3 Å². The fraction of sp³-hybridized carbons (Fsp3) is 0.263. The zero-order valence-electron chi connectivity index (χ0n) is 14.6. The van der Waals surface area contributed by atoms with Gasteiger partial charge in [0.05, 0.1) is 19.9 Å². The Morgan fingerprint density at radius 1 is 1.12 bits per heavy atom. The number of ether oxygens (including phenoxy) is 3. The van der Waals surface area contributed by atoms with E-state index in [4.69, 9.17) is 14.2 Å². The van der Waals surface area contributed by atoms with Crippen molar-refractivity contribution in [2.24, 2.45) is 0 Å². The van der Waals surface area contributed by atoms with Gasteiger partial charge in [-0.2, -0.15) is 11.3 Å². The molecule has 136 valence electrons. The molecule has 0 spiro atoms. The molecule has 5 nitrogen and oxygen atoms in total. The third-order valence-electron chi connectivity index (χ3n) is 3.76. The van der Waals surface area contributed by atoms with Crippen molar-refractivity contribution in [1.29, 1.82) is 0 Å². The molecule has 3 rings (SSSR count). The van der Waals surface area contributed by atoms with Gasteiger partial charge < -0.3 is 14.2 Å². The second kappa shape index (κ2) is 8.82. The second-order valence-electron chi connectivity index (χ2n) is 5.51. The van der Waals surface area contributed by atoms with Crippen LogP contribution in [0.25, 0.3) is 10.6 Å². The van der Waals surface area contributed by atoms with Crippen LogP contribution in [0.5, 0.6) is 11.5 Å². The van der Waals surface area contributed by atoms with Crippen LogP contribution in [-0.2, 0) is 22.6 Å². The predicted octanol–water partition coefficient (Wildman–Crippen LogP) is 4.56. The molecule has 1 aromatic carbocycles. The molecule has 7 heteroatoms. The molecule has 2 heterocycles. The van der Waals surface area contributed by atoms with Crippen molar-refractivity contribution in [3.05, 3.63) is 51.7 Å². The van der Waals surface area contributed by atoms with Crippen molar-refractivity contribution in [1.82, 2.24) is 4.98 Å². The molecular formula is C19H19NO4S2. The van der Waals surface area contributed by atoms with Crippen molar-refractivity contribution < 1.29 is 19.0 Å². The van der Waals surface area contributed by atoms with E-state index >= 15 is 0 Å². The van der Waals surface area contributed by atoms with Crippen LogP contribution in [0.15, 0.2) is 40.4 Å². The largest absolute Gasteiger partial charge is 0.493 e. The third-order valence-corrected chi connectivity index (χ3v) is 5.43. The van der Waals surface area contributed by atoms with Crippen LogP contribution in [0, 0.1) is 0 Å². The molecule has 0 saturated heterocycles. The minimum absolute atomic E-state index is 0.187.